The maximum absolute atomic E-state index is 12.1. The molecular formula is C17H12Cl4N4OS2. The molecule has 2 amide bonds. The van der Waals surface area contributed by atoms with E-state index < -0.39 is 6.03 Å². The lowest BCUT2D eigenvalue weighted by molar-refractivity contribution is 0.262. The molecule has 0 aliphatic rings. The third-order valence-corrected chi connectivity index (χ3v) is 6.51. The van der Waals surface area contributed by atoms with Crippen molar-refractivity contribution in [1.82, 2.24) is 10.2 Å². The van der Waals surface area contributed by atoms with Crippen molar-refractivity contribution >= 4 is 86.4 Å². The highest BCUT2D eigenvalue weighted by atomic mass is 35.5. The molecule has 0 unspecified atom stereocenters. The van der Waals surface area contributed by atoms with Gasteiger partial charge in [0.15, 0.2) is 0 Å². The summed E-state index contributed by atoms with van der Waals surface area (Å²) >= 11 is 26.9. The smallest absolute Gasteiger partial charge is 0.306 e. The number of anilines is 2. The van der Waals surface area contributed by atoms with Crippen LogP contribution in [0.4, 0.5) is 15.6 Å². The minimum atomic E-state index is -0.465. The molecule has 11 heteroatoms. The van der Waals surface area contributed by atoms with Crippen LogP contribution in [-0.2, 0) is 11.5 Å². The van der Waals surface area contributed by atoms with Gasteiger partial charge >= 0.3 is 6.03 Å². The van der Waals surface area contributed by atoms with Gasteiger partial charge in [0.25, 0.3) is 0 Å². The summed E-state index contributed by atoms with van der Waals surface area (Å²) in [5.74, 6) is 1.36. The number of hydrogen-bond acceptors (Lipinski definition) is 5. The van der Waals surface area contributed by atoms with E-state index in [0.717, 1.165) is 10.6 Å². The van der Waals surface area contributed by atoms with Crippen molar-refractivity contribution in [3.05, 3.63) is 67.1 Å². The minimum absolute atomic E-state index is 0.345. The van der Waals surface area contributed by atoms with Gasteiger partial charge in [0.05, 0.1) is 10.7 Å². The predicted molar refractivity (Wildman–Crippen MR) is 120 cm³/mol. The van der Waals surface area contributed by atoms with Gasteiger partial charge in [-0.3, -0.25) is 5.32 Å². The number of amides is 2. The predicted octanol–water partition coefficient (Wildman–Crippen LogP) is 7.23. The molecule has 3 rings (SSSR count). The highest BCUT2D eigenvalue weighted by Gasteiger charge is 2.11. The van der Waals surface area contributed by atoms with E-state index in [-0.39, 0.29) is 0 Å². The third kappa shape index (κ3) is 6.14. The SMILES string of the molecule is O=C(Nc1nnc(CSCc2ccc(Cl)cc2Cl)s1)Nc1ccc(Cl)cc1Cl. The van der Waals surface area contributed by atoms with Gasteiger partial charge in [-0.1, -0.05) is 63.8 Å². The van der Waals surface area contributed by atoms with Crippen LogP contribution in [-0.4, -0.2) is 16.2 Å². The maximum Gasteiger partial charge on any atom is 0.325 e. The summed E-state index contributed by atoms with van der Waals surface area (Å²) < 4.78 is 0. The summed E-state index contributed by atoms with van der Waals surface area (Å²) in [6.07, 6.45) is 0. The topological polar surface area (TPSA) is 66.9 Å². The van der Waals surface area contributed by atoms with Gasteiger partial charge in [-0.15, -0.1) is 22.0 Å². The van der Waals surface area contributed by atoms with E-state index in [1.54, 1.807) is 36.0 Å². The Hall–Kier alpha value is -1.22. The van der Waals surface area contributed by atoms with Gasteiger partial charge in [-0.25, -0.2) is 4.79 Å². The molecule has 2 aromatic carbocycles. The van der Waals surface area contributed by atoms with Crippen LogP contribution in [0.3, 0.4) is 0 Å². The maximum atomic E-state index is 12.1. The van der Waals surface area contributed by atoms with Crippen molar-refractivity contribution in [1.29, 1.82) is 0 Å². The summed E-state index contributed by atoms with van der Waals surface area (Å²) in [6, 6.07) is 9.76. The molecule has 0 saturated carbocycles. The Balaban J connectivity index is 1.50. The third-order valence-electron chi connectivity index (χ3n) is 3.36. The van der Waals surface area contributed by atoms with E-state index in [2.05, 4.69) is 20.8 Å². The highest BCUT2D eigenvalue weighted by molar-refractivity contribution is 7.97. The first-order valence-electron chi connectivity index (χ1n) is 7.78. The van der Waals surface area contributed by atoms with Crippen LogP contribution in [0.15, 0.2) is 36.4 Å². The number of hydrogen-bond donors (Lipinski definition) is 2. The molecule has 0 bridgehead atoms. The molecule has 0 aliphatic carbocycles. The fraction of sp³-hybridized carbons (Fsp3) is 0.118. The summed E-state index contributed by atoms with van der Waals surface area (Å²) in [5.41, 5.74) is 1.45. The lowest BCUT2D eigenvalue weighted by Gasteiger charge is -2.07. The number of aromatic nitrogens is 2. The van der Waals surface area contributed by atoms with Gasteiger partial charge < -0.3 is 5.32 Å². The second-order valence-corrected chi connectivity index (χ2v) is 9.17. The number of carbonyl (C=O) groups excluding carboxylic acids is 1. The highest BCUT2D eigenvalue weighted by Crippen LogP contribution is 2.28. The van der Waals surface area contributed by atoms with E-state index in [9.17, 15) is 4.79 Å². The fourth-order valence-electron chi connectivity index (χ4n) is 2.09. The molecule has 5 nitrogen and oxygen atoms in total. The van der Waals surface area contributed by atoms with Gasteiger partial charge in [-0.2, -0.15) is 0 Å². The van der Waals surface area contributed by atoms with Crippen LogP contribution in [0.25, 0.3) is 0 Å². The van der Waals surface area contributed by atoms with Gasteiger partial charge in [0, 0.05) is 26.6 Å². The average molecular weight is 494 g/mol. The van der Waals surface area contributed by atoms with Crippen LogP contribution in [0.1, 0.15) is 10.6 Å². The van der Waals surface area contributed by atoms with Crippen molar-refractivity contribution < 1.29 is 4.79 Å². The Kier molecular flexibility index (Phi) is 7.68. The minimum Gasteiger partial charge on any atom is -0.306 e. The molecule has 28 heavy (non-hydrogen) atoms. The standard InChI is InChI=1S/C17H12Cl4N4OS2/c18-10-2-1-9(12(20)5-10)7-27-8-15-24-25-17(28-15)23-16(26)22-14-4-3-11(19)6-13(14)21/h1-6H,7-8H2,(H2,22,23,25,26). The van der Waals surface area contributed by atoms with Crippen LogP contribution in [0.5, 0.6) is 0 Å². The Bertz CT molecular complexity index is 999. The number of urea groups is 1. The van der Waals surface area contributed by atoms with E-state index in [0.29, 0.717) is 42.4 Å². The van der Waals surface area contributed by atoms with Crippen LogP contribution in [0.2, 0.25) is 20.1 Å². The number of nitrogens with zero attached hydrogens (tertiary/aromatic N) is 2. The molecule has 0 fully saturated rings. The first-order valence-corrected chi connectivity index (χ1v) is 11.3. The van der Waals surface area contributed by atoms with E-state index in [1.165, 1.54) is 11.3 Å². The zero-order chi connectivity index (χ0) is 20.1. The monoisotopic (exact) mass is 492 g/mol. The lowest BCUT2D eigenvalue weighted by atomic mass is 10.2. The lowest BCUT2D eigenvalue weighted by Crippen LogP contribution is -2.19. The Morgan fingerprint density at radius 2 is 1.64 bits per heavy atom. The Labute approximate surface area is 189 Å². The van der Waals surface area contributed by atoms with Crippen LogP contribution in [0, 0.1) is 0 Å². The number of halogens is 4. The van der Waals surface area contributed by atoms with Crippen molar-refractivity contribution in [2.24, 2.45) is 0 Å². The van der Waals surface area contributed by atoms with Crippen molar-refractivity contribution in [2.45, 2.75) is 11.5 Å². The van der Waals surface area contributed by atoms with Crippen LogP contribution >= 0.6 is 69.5 Å². The van der Waals surface area contributed by atoms with Crippen molar-refractivity contribution in [3.63, 3.8) is 0 Å². The molecule has 0 saturated heterocycles. The van der Waals surface area contributed by atoms with Crippen LogP contribution < -0.4 is 10.6 Å². The van der Waals surface area contributed by atoms with Gasteiger partial charge in [0.1, 0.15) is 5.01 Å². The number of thioether (sulfide) groups is 1. The number of nitrogens with one attached hydrogen (secondary N) is 2. The van der Waals surface area contributed by atoms with E-state index in [4.69, 9.17) is 46.4 Å². The molecular weight excluding hydrogens is 482 g/mol. The average Bonchev–Trinajstić information content (AvgIpc) is 3.06. The summed E-state index contributed by atoms with van der Waals surface area (Å²) in [6.45, 7) is 0. The van der Waals surface area contributed by atoms with E-state index in [1.807, 2.05) is 12.1 Å². The first-order chi connectivity index (χ1) is 13.4. The largest absolute Gasteiger partial charge is 0.325 e. The van der Waals surface area contributed by atoms with Gasteiger partial charge in [-0.05, 0) is 35.9 Å². The van der Waals surface area contributed by atoms with E-state index >= 15 is 0 Å². The first kappa shape index (κ1) is 21.5. The van der Waals surface area contributed by atoms with Crippen molar-refractivity contribution in [2.75, 3.05) is 10.6 Å². The number of carbonyl (C=O) groups is 1. The summed E-state index contributed by atoms with van der Waals surface area (Å²) in [4.78, 5) is 12.1. The second-order valence-electron chi connectivity index (χ2n) is 5.43. The summed E-state index contributed by atoms with van der Waals surface area (Å²) in [5, 5.41) is 16.6. The molecule has 1 heterocycles. The molecule has 0 spiro atoms. The molecule has 0 atom stereocenters. The number of benzene rings is 2. The van der Waals surface area contributed by atoms with Crippen molar-refractivity contribution in [3.8, 4) is 0 Å². The second kappa shape index (κ2) is 10.0. The molecule has 3 aromatic rings. The normalized spacial score (nSPS) is 10.7. The summed E-state index contributed by atoms with van der Waals surface area (Å²) in [7, 11) is 0. The zero-order valence-electron chi connectivity index (χ0n) is 14.0. The Morgan fingerprint density at radius 1 is 0.929 bits per heavy atom. The molecule has 0 radical (unpaired) electrons. The zero-order valence-corrected chi connectivity index (χ0v) is 18.7. The molecule has 1 aromatic heterocycles. The number of rotatable bonds is 6. The molecule has 146 valence electrons. The van der Waals surface area contributed by atoms with Gasteiger partial charge in [0.2, 0.25) is 5.13 Å². The molecule has 0 aliphatic heterocycles. The molecule has 2 N–H and O–H groups in total. The quantitative estimate of drug-likeness (QED) is 0.380. The fourth-order valence-corrected chi connectivity index (χ4v) is 4.92. The Morgan fingerprint density at radius 3 is 2.36 bits per heavy atom.